The van der Waals surface area contributed by atoms with Crippen LogP contribution in [0.25, 0.3) is 0 Å². The van der Waals surface area contributed by atoms with Gasteiger partial charge in [0, 0.05) is 27.7 Å². The summed E-state index contributed by atoms with van der Waals surface area (Å²) in [5.74, 6) is -7.44. The molecular formula is C14H18F2O8. The molecule has 1 rings (SSSR count). The van der Waals surface area contributed by atoms with Gasteiger partial charge >= 0.3 is 23.9 Å². The Bertz CT molecular complexity index is 533. The van der Waals surface area contributed by atoms with E-state index in [1.54, 1.807) is 0 Å². The van der Waals surface area contributed by atoms with Crippen LogP contribution < -0.4 is 0 Å². The maximum absolute atomic E-state index is 14.3. The molecule has 0 bridgehead atoms. The molecule has 0 unspecified atom stereocenters. The molecule has 0 heterocycles. The number of alkyl halides is 2. The molecule has 0 spiro atoms. The number of hydrogen-bond acceptors (Lipinski definition) is 8. The maximum atomic E-state index is 14.3. The fourth-order valence-corrected chi connectivity index (χ4v) is 2.43. The lowest BCUT2D eigenvalue weighted by atomic mass is 9.85. The minimum atomic E-state index is -3.68. The number of esters is 4. The van der Waals surface area contributed by atoms with Crippen molar-refractivity contribution in [2.45, 2.75) is 64.5 Å². The van der Waals surface area contributed by atoms with Gasteiger partial charge in [0.25, 0.3) is 5.92 Å². The molecular weight excluding hydrogens is 334 g/mol. The van der Waals surface area contributed by atoms with Gasteiger partial charge in [0.05, 0.1) is 6.42 Å². The number of ether oxygens (including phenoxy) is 4. The highest BCUT2D eigenvalue weighted by Gasteiger charge is 2.61. The predicted octanol–water partition coefficient (Wildman–Crippen LogP) is 0.752. The number of carbonyl (C=O) groups is 4. The van der Waals surface area contributed by atoms with Crippen LogP contribution in [-0.4, -0.2) is 54.2 Å². The van der Waals surface area contributed by atoms with Crippen molar-refractivity contribution < 1.29 is 46.9 Å². The Hall–Kier alpha value is -2.26. The highest BCUT2D eigenvalue weighted by molar-refractivity contribution is 5.69. The molecule has 0 aromatic heterocycles. The van der Waals surface area contributed by atoms with Crippen LogP contribution in [0.15, 0.2) is 0 Å². The van der Waals surface area contributed by atoms with E-state index in [0.29, 0.717) is 0 Å². The van der Waals surface area contributed by atoms with E-state index in [4.69, 9.17) is 14.2 Å². The first kappa shape index (κ1) is 19.8. The summed E-state index contributed by atoms with van der Waals surface area (Å²) in [6.45, 7) is 3.84. The van der Waals surface area contributed by atoms with E-state index in [1.165, 1.54) is 0 Å². The largest absolute Gasteiger partial charge is 0.458 e. The van der Waals surface area contributed by atoms with Gasteiger partial charge in [-0.1, -0.05) is 0 Å². The first-order valence-electron chi connectivity index (χ1n) is 7.00. The zero-order valence-corrected chi connectivity index (χ0v) is 13.5. The fourth-order valence-electron chi connectivity index (χ4n) is 2.43. The van der Waals surface area contributed by atoms with Gasteiger partial charge < -0.3 is 18.9 Å². The molecule has 1 saturated carbocycles. The van der Waals surface area contributed by atoms with Gasteiger partial charge in [0.15, 0.2) is 12.2 Å². The second-order valence-electron chi connectivity index (χ2n) is 5.29. The summed E-state index contributed by atoms with van der Waals surface area (Å²) in [4.78, 5) is 44.8. The first-order chi connectivity index (χ1) is 10.9. The van der Waals surface area contributed by atoms with E-state index in [1.807, 2.05) is 0 Å². The summed E-state index contributed by atoms with van der Waals surface area (Å²) in [6, 6.07) is 0. The van der Waals surface area contributed by atoms with Crippen LogP contribution >= 0.6 is 0 Å². The van der Waals surface area contributed by atoms with Crippen LogP contribution in [0.4, 0.5) is 8.78 Å². The van der Waals surface area contributed by atoms with Gasteiger partial charge in [0.2, 0.25) is 6.10 Å². The van der Waals surface area contributed by atoms with Crippen molar-refractivity contribution in [1.82, 2.24) is 0 Å². The normalized spacial score (nSPS) is 28.4. The second-order valence-corrected chi connectivity index (χ2v) is 5.29. The second kappa shape index (κ2) is 7.54. The number of rotatable bonds is 4. The highest BCUT2D eigenvalue weighted by Crippen LogP contribution is 2.40. The molecule has 0 N–H and O–H groups in total. The third kappa shape index (κ3) is 5.14. The molecule has 0 radical (unpaired) electrons. The molecule has 136 valence electrons. The van der Waals surface area contributed by atoms with Crippen LogP contribution in [0.2, 0.25) is 0 Å². The smallest absolute Gasteiger partial charge is 0.303 e. The summed E-state index contributed by atoms with van der Waals surface area (Å²) in [6.07, 6.45) is -8.20. The number of halogens is 2. The molecule has 1 aliphatic rings. The molecule has 0 aromatic carbocycles. The summed E-state index contributed by atoms with van der Waals surface area (Å²) >= 11 is 0. The Kier molecular flexibility index (Phi) is 6.22. The summed E-state index contributed by atoms with van der Waals surface area (Å²) < 4.78 is 47.8. The van der Waals surface area contributed by atoms with Crippen molar-refractivity contribution in [3.05, 3.63) is 0 Å². The van der Waals surface area contributed by atoms with E-state index in [-0.39, 0.29) is 0 Å². The van der Waals surface area contributed by atoms with Crippen LogP contribution in [0.5, 0.6) is 0 Å². The molecule has 24 heavy (non-hydrogen) atoms. The van der Waals surface area contributed by atoms with Crippen LogP contribution in [0, 0.1) is 0 Å². The van der Waals surface area contributed by atoms with E-state index in [2.05, 4.69) is 4.74 Å². The minimum Gasteiger partial charge on any atom is -0.458 e. The van der Waals surface area contributed by atoms with Crippen LogP contribution in [-0.2, 0) is 38.1 Å². The van der Waals surface area contributed by atoms with Crippen LogP contribution in [0.3, 0.4) is 0 Å². The quantitative estimate of drug-likeness (QED) is 0.539. The Morgan fingerprint density at radius 2 is 1.17 bits per heavy atom. The lowest BCUT2D eigenvalue weighted by Crippen LogP contribution is -2.63. The zero-order chi connectivity index (χ0) is 18.7. The standard InChI is InChI=1S/C14H18F2O8/c1-6(17)21-10-5-14(15,16)13(24-9(4)20)12(23-8(3)19)11(10)22-7(2)18/h10-13H,5H2,1-4H3/t10-,11-,12+,13-/m0/s1. The summed E-state index contributed by atoms with van der Waals surface area (Å²) in [5, 5.41) is 0. The van der Waals surface area contributed by atoms with E-state index < -0.39 is 60.6 Å². The molecule has 10 heteroatoms. The van der Waals surface area contributed by atoms with Gasteiger partial charge in [0.1, 0.15) is 6.10 Å². The third-order valence-corrected chi connectivity index (χ3v) is 3.09. The van der Waals surface area contributed by atoms with Crippen molar-refractivity contribution in [1.29, 1.82) is 0 Å². The third-order valence-electron chi connectivity index (χ3n) is 3.09. The molecule has 0 aromatic rings. The molecule has 4 atom stereocenters. The molecule has 1 aliphatic carbocycles. The van der Waals surface area contributed by atoms with Gasteiger partial charge in [-0.15, -0.1) is 0 Å². The lowest BCUT2D eigenvalue weighted by Gasteiger charge is -2.43. The van der Waals surface area contributed by atoms with E-state index >= 15 is 0 Å². The van der Waals surface area contributed by atoms with E-state index in [0.717, 1.165) is 27.7 Å². The SMILES string of the molecule is CC(=O)O[C@@H]1[C@@H](OC(C)=O)[C@H](OC(C)=O)C(F)(F)C[C@@H]1OC(C)=O. The topological polar surface area (TPSA) is 105 Å². The molecule has 0 aliphatic heterocycles. The van der Waals surface area contributed by atoms with Crippen molar-refractivity contribution in [3.8, 4) is 0 Å². The summed E-state index contributed by atoms with van der Waals surface area (Å²) in [5.41, 5.74) is 0. The summed E-state index contributed by atoms with van der Waals surface area (Å²) in [7, 11) is 0. The Labute approximate surface area is 136 Å². The highest BCUT2D eigenvalue weighted by atomic mass is 19.3. The Morgan fingerprint density at radius 3 is 1.58 bits per heavy atom. The fraction of sp³-hybridized carbons (Fsp3) is 0.714. The Morgan fingerprint density at radius 1 is 0.750 bits per heavy atom. The van der Waals surface area contributed by atoms with Crippen LogP contribution in [0.1, 0.15) is 34.1 Å². The Balaban J connectivity index is 3.29. The zero-order valence-electron chi connectivity index (χ0n) is 13.5. The molecule has 0 saturated heterocycles. The average Bonchev–Trinajstić information content (AvgIpc) is 2.36. The predicted molar refractivity (Wildman–Crippen MR) is 71.8 cm³/mol. The number of carbonyl (C=O) groups excluding carboxylic acids is 4. The van der Waals surface area contributed by atoms with Gasteiger partial charge in [-0.25, -0.2) is 8.78 Å². The van der Waals surface area contributed by atoms with Crippen molar-refractivity contribution >= 4 is 23.9 Å². The van der Waals surface area contributed by atoms with Gasteiger partial charge in [-0.2, -0.15) is 0 Å². The van der Waals surface area contributed by atoms with Crippen molar-refractivity contribution in [2.75, 3.05) is 0 Å². The average molecular weight is 352 g/mol. The molecule has 0 amide bonds. The monoisotopic (exact) mass is 352 g/mol. The first-order valence-corrected chi connectivity index (χ1v) is 7.00. The van der Waals surface area contributed by atoms with Gasteiger partial charge in [-0.05, 0) is 0 Å². The van der Waals surface area contributed by atoms with E-state index in [9.17, 15) is 28.0 Å². The molecule has 1 fully saturated rings. The van der Waals surface area contributed by atoms with Gasteiger partial charge in [-0.3, -0.25) is 19.2 Å². The molecule has 8 nitrogen and oxygen atoms in total. The maximum Gasteiger partial charge on any atom is 0.303 e. The van der Waals surface area contributed by atoms with Crippen molar-refractivity contribution in [3.63, 3.8) is 0 Å². The lowest BCUT2D eigenvalue weighted by molar-refractivity contribution is -0.259. The minimum absolute atomic E-state index is 0.874. The number of hydrogen-bond donors (Lipinski definition) is 0. The van der Waals surface area contributed by atoms with Crippen molar-refractivity contribution in [2.24, 2.45) is 0 Å².